The van der Waals surface area contributed by atoms with E-state index >= 15 is 0 Å². The largest absolute Gasteiger partial charge is 1.00 e. The Morgan fingerprint density at radius 2 is 0.627 bits per heavy atom. The van der Waals surface area contributed by atoms with Crippen LogP contribution in [-0.2, 0) is 73.1 Å². The maximum atomic E-state index is 14.0. The van der Waals surface area contributed by atoms with E-state index in [2.05, 4.69) is 42.5 Å². The van der Waals surface area contributed by atoms with Gasteiger partial charge in [0.25, 0.3) is 22.2 Å². The van der Waals surface area contributed by atoms with E-state index in [1.165, 1.54) is 87.3 Å². The van der Waals surface area contributed by atoms with E-state index in [0.717, 1.165) is 85.7 Å². The predicted molar refractivity (Wildman–Crippen MR) is 455 cm³/mol. The molecule has 656 valence electrons. The number of urea groups is 4. The van der Waals surface area contributed by atoms with Gasteiger partial charge in [0.2, 0.25) is 0 Å². The van der Waals surface area contributed by atoms with Crippen molar-refractivity contribution < 1.29 is 320 Å². The van der Waals surface area contributed by atoms with Crippen LogP contribution in [0.25, 0.3) is 0 Å². The summed E-state index contributed by atoms with van der Waals surface area (Å²) in [7, 11) is 5.77. The number of nitrogens with one attached hydrogen (secondary N) is 8. The molecule has 0 aliphatic carbocycles. The SMILES string of the molecule is Cc1cccc(C)c1Cc1cccc([C@H](CC(=O)[O-])NC(=O)Nc2c([O-])ccn(C)c2=O)c1.Cc1ccccc1Cc1ccc([C@H](CC(=O)[O-])NC(=O)Nc2c([O-])ccn(C)c2=O)s1.Cn1ccc([O-])c(NC(=O)N[C@@H](CC(=O)[O-])c2ccc(Cc3ccccc3)s2)c1=O.Cn1ccc([O-])c(NC(=O)N[C@@H](CC(=O)[O-])c2cccc(Cc3ccccc3F)c2)c1=O.[Na+].[Na+].[Na+].[Na+].[Na+].[Na+].[Na+].[Na+]. The van der Waals surface area contributed by atoms with Gasteiger partial charge in [-0.1, -0.05) is 187 Å². The van der Waals surface area contributed by atoms with E-state index in [9.17, 15) is 103 Å². The Hall–Kier alpha value is -7.39. The molecule has 0 saturated heterocycles. The zero-order valence-electron chi connectivity index (χ0n) is 76.9. The fourth-order valence-corrected chi connectivity index (χ4v) is 15.1. The Labute approximate surface area is 955 Å². The van der Waals surface area contributed by atoms with Gasteiger partial charge in [-0.15, -0.1) is 22.7 Å². The van der Waals surface area contributed by atoms with Crippen molar-refractivity contribution >= 4 is 93.4 Å². The van der Waals surface area contributed by atoms with Crippen LogP contribution in [0.2, 0.25) is 0 Å². The number of aromatic nitrogens is 4. The number of thiophene rings is 2. The molecule has 8 amide bonds. The molecular formula is C91H85FN12Na8O20S2. The summed E-state index contributed by atoms with van der Waals surface area (Å²) in [5, 5.41) is 112. The Morgan fingerprint density at radius 1 is 0.328 bits per heavy atom. The van der Waals surface area contributed by atoms with Gasteiger partial charge in [0.1, 0.15) is 28.6 Å². The molecule has 0 aliphatic heterocycles. The summed E-state index contributed by atoms with van der Waals surface area (Å²) in [5.74, 6) is -8.36. The summed E-state index contributed by atoms with van der Waals surface area (Å²) in [5.41, 5.74) is 5.71. The molecule has 0 fully saturated rings. The van der Waals surface area contributed by atoms with Crippen molar-refractivity contribution in [3.05, 3.63) is 347 Å². The fourth-order valence-electron chi connectivity index (χ4n) is 12.9. The number of benzene rings is 6. The summed E-state index contributed by atoms with van der Waals surface area (Å²) < 4.78 is 18.6. The minimum absolute atomic E-state index is 0. The number of pyridine rings is 4. The summed E-state index contributed by atoms with van der Waals surface area (Å²) in [6.45, 7) is 6.09. The van der Waals surface area contributed by atoms with Crippen LogP contribution in [0.3, 0.4) is 0 Å². The van der Waals surface area contributed by atoms with Crippen LogP contribution < -0.4 is 342 Å². The molecule has 0 saturated carbocycles. The van der Waals surface area contributed by atoms with Crippen LogP contribution >= 0.6 is 22.7 Å². The monoisotopic (exact) mass is 1930 g/mol. The number of hydrogen-bond donors (Lipinski definition) is 8. The van der Waals surface area contributed by atoms with Crippen molar-refractivity contribution in [2.24, 2.45) is 28.2 Å². The number of carboxylic acids is 4. The van der Waals surface area contributed by atoms with Gasteiger partial charge in [-0.3, -0.25) is 19.2 Å². The van der Waals surface area contributed by atoms with E-state index in [1.54, 1.807) is 66.7 Å². The molecule has 6 heterocycles. The van der Waals surface area contributed by atoms with Crippen molar-refractivity contribution in [3.8, 4) is 23.0 Å². The Balaban J connectivity index is 0.000000876. The first kappa shape index (κ1) is 125. The standard InChI is InChI=1S/C25H27N3O5.C23H22FN3O5.C22H23N3O5S.C21H21N3O5S.8Na/c1-15-6-4-7-16(2)19(15)13-17-8-5-9-18(12-17)20(14-22(30)31)26-25(33)27-23-21(29)10-11-28(3)24(23)32;1-27-10-9-19(28)21(22(27)31)26-23(32)25-18(13-20(29)30)16-7-4-5-14(12-16)11-15-6-2-3-8-17(15)24;1-13-5-3-4-6-14(13)11-15-7-8-18(31-15)16(12-19(27)28)23-22(30)24-20-17(26)9-10-25(2)21(20)29;1-24-10-9-16(25)19(20(24)28)23-21(29)22-15(12-18(26)27)17-8-7-14(30-17)11-13-5-3-2-4-6-13;;;;;;;;/h4-12,20,29H,13-14H2,1-3H3,(H,30,31)(H2,26,27,33);2-10,12,18,28H,11,13H2,1H3,(H,29,30)(H2,25,26,32);3-10,16,26H,11-12H2,1-2H3,(H,27,28)(H2,23,24,30);2-10,15,25H,11-12H2,1H3,(H,26,27)(H2,22,23,29);;;;;;;;/q;;;;8*+1/p-8/t20-;18-;16-;15-;;;;;;;;/m0000......../s1. The zero-order valence-corrected chi connectivity index (χ0v) is 94.5. The quantitative estimate of drug-likeness (QED) is 0.0211. The number of amides is 8. The number of carbonyl (C=O) groups excluding carboxylic acids is 8. The van der Waals surface area contributed by atoms with E-state index in [0.29, 0.717) is 51.3 Å². The smallest absolute Gasteiger partial charge is 0.871 e. The van der Waals surface area contributed by atoms with Crippen LogP contribution in [0, 0.1) is 26.6 Å². The van der Waals surface area contributed by atoms with Crippen molar-refractivity contribution in [2.75, 3.05) is 21.3 Å². The minimum Gasteiger partial charge on any atom is -0.871 e. The van der Waals surface area contributed by atoms with Gasteiger partial charge in [-0.25, -0.2) is 23.6 Å². The Morgan fingerprint density at radius 3 is 0.985 bits per heavy atom. The molecule has 134 heavy (non-hydrogen) atoms. The third kappa shape index (κ3) is 38.4. The third-order valence-electron chi connectivity index (χ3n) is 19.6. The molecule has 0 aliphatic rings. The minimum atomic E-state index is -1.41. The number of carboxylic acid groups (broad SMARTS) is 4. The maximum Gasteiger partial charge on any atom is 1.00 e. The zero-order chi connectivity index (χ0) is 91.6. The van der Waals surface area contributed by atoms with Crippen LogP contribution in [-0.4, -0.2) is 66.3 Å². The third-order valence-corrected chi connectivity index (χ3v) is 22.0. The van der Waals surface area contributed by atoms with Crippen molar-refractivity contribution in [2.45, 2.75) is 96.3 Å². The molecule has 6 aromatic heterocycles. The fraction of sp³-hybridized carbons (Fsp3) is 0.209. The number of anilines is 4. The second kappa shape index (κ2) is 61.1. The summed E-state index contributed by atoms with van der Waals surface area (Å²) in [6, 6.07) is 48.8. The first-order valence-electron chi connectivity index (χ1n) is 38.8. The number of hydrogen-bond acceptors (Lipinski definition) is 22. The van der Waals surface area contributed by atoms with Gasteiger partial charge in [0.05, 0.1) is 24.2 Å². The number of nitrogens with zero attached hydrogens (tertiary/aromatic N) is 4. The summed E-state index contributed by atoms with van der Waals surface area (Å²) >= 11 is 2.76. The van der Waals surface area contributed by atoms with Crippen LogP contribution in [0.5, 0.6) is 23.0 Å². The first-order chi connectivity index (χ1) is 60.0. The van der Waals surface area contributed by atoms with Gasteiger partial charge in [0.15, 0.2) is 0 Å². The topological polar surface area (TPSA) is 505 Å². The summed E-state index contributed by atoms with van der Waals surface area (Å²) in [6.07, 6.45) is 5.52. The van der Waals surface area contributed by atoms with Gasteiger partial charge in [0, 0.05) is 141 Å². The normalized spacial score (nSPS) is 10.9. The van der Waals surface area contributed by atoms with Gasteiger partial charge < -0.3 is 121 Å². The van der Waals surface area contributed by atoms with E-state index in [-0.39, 0.29) is 249 Å². The molecule has 12 rings (SSSR count). The van der Waals surface area contributed by atoms with Crippen molar-refractivity contribution in [1.82, 2.24) is 39.5 Å². The Kier molecular flexibility index (Phi) is 56.9. The predicted octanol–water partition coefficient (Wildman–Crippen LogP) is -18.6. The number of carbonyl (C=O) groups is 8. The van der Waals surface area contributed by atoms with Gasteiger partial charge in [-0.2, -0.15) is 0 Å². The molecule has 43 heteroatoms. The number of aryl methyl sites for hydroxylation is 7. The van der Waals surface area contributed by atoms with Gasteiger partial charge >= 0.3 is 261 Å². The Bertz CT molecular complexity index is 6250. The first-order valence-corrected chi connectivity index (χ1v) is 40.4. The van der Waals surface area contributed by atoms with E-state index in [4.69, 9.17) is 0 Å². The maximum absolute atomic E-state index is 14.0. The number of halogens is 1. The number of rotatable bonds is 28. The van der Waals surface area contributed by atoms with Crippen molar-refractivity contribution in [1.29, 1.82) is 0 Å². The average Bonchev–Trinajstić information content (AvgIpc) is 1.10. The molecule has 4 atom stereocenters. The van der Waals surface area contributed by atoms with Gasteiger partial charge in [-0.05, 0) is 119 Å². The van der Waals surface area contributed by atoms with E-state index < -0.39 is 166 Å². The summed E-state index contributed by atoms with van der Waals surface area (Å²) in [4.78, 5) is 146. The molecule has 0 spiro atoms. The molecule has 0 radical (unpaired) electrons. The van der Waals surface area contributed by atoms with Crippen LogP contribution in [0.1, 0.15) is 131 Å². The number of aliphatic carboxylic acids is 4. The van der Waals surface area contributed by atoms with Crippen LogP contribution in [0.4, 0.5) is 46.3 Å². The second-order valence-electron chi connectivity index (χ2n) is 29.0. The van der Waals surface area contributed by atoms with Crippen molar-refractivity contribution in [3.63, 3.8) is 0 Å². The van der Waals surface area contributed by atoms with E-state index in [1.807, 2.05) is 118 Å². The molecule has 8 N–H and O–H groups in total. The molecular weight excluding hydrogens is 1850 g/mol. The molecule has 12 aromatic rings. The molecule has 32 nitrogen and oxygen atoms in total. The van der Waals surface area contributed by atoms with Crippen LogP contribution in [0.15, 0.2) is 238 Å². The molecule has 0 bridgehead atoms. The average molecular weight is 1930 g/mol. The second-order valence-corrected chi connectivity index (χ2v) is 31.4. The molecule has 0 unspecified atom stereocenters. The molecule has 6 aromatic carbocycles.